The summed E-state index contributed by atoms with van der Waals surface area (Å²) in [5.74, 6) is 4.48. The van der Waals surface area contributed by atoms with Crippen LogP contribution in [-0.2, 0) is 11.4 Å². The Morgan fingerprint density at radius 3 is 2.71 bits per heavy atom. The molecule has 0 saturated heterocycles. The van der Waals surface area contributed by atoms with Crippen molar-refractivity contribution in [3.63, 3.8) is 0 Å². The summed E-state index contributed by atoms with van der Waals surface area (Å²) < 4.78 is 21.9. The van der Waals surface area contributed by atoms with Gasteiger partial charge in [0.1, 0.15) is 11.4 Å². The number of hydrogen-bond acceptors (Lipinski definition) is 7. The van der Waals surface area contributed by atoms with E-state index in [1.807, 2.05) is 0 Å². The summed E-state index contributed by atoms with van der Waals surface area (Å²) in [6, 6.07) is 1.50. The van der Waals surface area contributed by atoms with Crippen LogP contribution in [0.5, 0.6) is 0 Å². The molecule has 0 radical (unpaired) electrons. The second-order valence-corrected chi connectivity index (χ2v) is 5.18. The lowest BCUT2D eigenvalue weighted by Crippen LogP contribution is -2.12. The third kappa shape index (κ3) is 2.56. The summed E-state index contributed by atoms with van der Waals surface area (Å²) in [6.45, 7) is 0. The third-order valence-electron chi connectivity index (χ3n) is 2.56. The lowest BCUT2D eigenvalue weighted by atomic mass is 10.2. The van der Waals surface area contributed by atoms with Crippen molar-refractivity contribution in [2.24, 2.45) is 14.6 Å². The summed E-state index contributed by atoms with van der Waals surface area (Å²) >= 11 is 13.1. The first-order valence-electron chi connectivity index (χ1n) is 5.46. The molecule has 108 valence electrons. The van der Waals surface area contributed by atoms with Gasteiger partial charge < -0.3 is 5.32 Å². The molecule has 1 aliphatic heterocycles. The highest BCUT2D eigenvalue weighted by Crippen LogP contribution is 2.48. The van der Waals surface area contributed by atoms with Crippen LogP contribution in [-0.4, -0.2) is 9.97 Å². The van der Waals surface area contributed by atoms with Gasteiger partial charge in [-0.1, -0.05) is 23.2 Å². The first-order chi connectivity index (χ1) is 10.1. The highest BCUT2D eigenvalue weighted by molar-refractivity contribution is 7.58. The first-order valence-corrected chi connectivity index (χ1v) is 6.95. The van der Waals surface area contributed by atoms with Crippen molar-refractivity contribution < 1.29 is 4.39 Å². The highest BCUT2D eigenvalue weighted by Gasteiger charge is 2.20. The Morgan fingerprint density at radius 1 is 1.19 bits per heavy atom. The minimum atomic E-state index is -0.670. The number of halogens is 3. The van der Waals surface area contributed by atoms with Crippen LogP contribution in [0.4, 0.5) is 33.2 Å². The molecule has 0 spiro atoms. The van der Waals surface area contributed by atoms with E-state index in [4.69, 9.17) is 29.0 Å². The molecular weight excluding hydrogens is 340 g/mol. The monoisotopic (exact) mass is 345 g/mol. The number of nitrogens with zero attached hydrogens (tertiary/aromatic N) is 4. The lowest BCUT2D eigenvalue weighted by Gasteiger charge is -2.12. The Morgan fingerprint density at radius 2 is 1.95 bits per heavy atom. The highest BCUT2D eigenvalue weighted by atomic mass is 35.5. The molecule has 4 N–H and O–H groups in total. The summed E-state index contributed by atoms with van der Waals surface area (Å²) in [5.41, 5.74) is 3.48. The van der Waals surface area contributed by atoms with Gasteiger partial charge in [0.15, 0.2) is 11.6 Å². The maximum Gasteiger partial charge on any atom is 0.239 e. The maximum absolute atomic E-state index is 13.8. The summed E-state index contributed by atoms with van der Waals surface area (Å²) in [5, 5.41) is 3.39. The van der Waals surface area contributed by atoms with Gasteiger partial charge in [-0.05, 0) is 6.07 Å². The number of benzene rings is 1. The smallest absolute Gasteiger partial charge is 0.239 e. The van der Waals surface area contributed by atoms with Crippen LogP contribution in [0.3, 0.4) is 0 Å². The minimum Gasteiger partial charge on any atom is -0.335 e. The van der Waals surface area contributed by atoms with Gasteiger partial charge >= 0.3 is 0 Å². The van der Waals surface area contributed by atoms with Gasteiger partial charge in [0.25, 0.3) is 0 Å². The Bertz CT molecular complexity index is 806. The van der Waals surface area contributed by atoms with E-state index in [1.165, 1.54) is 6.07 Å². The molecule has 11 heteroatoms. The molecular formula is C10H6Cl2FN7S. The molecule has 0 amide bonds. The maximum atomic E-state index is 13.8. The van der Waals surface area contributed by atoms with E-state index in [9.17, 15) is 4.39 Å². The molecule has 0 saturated carbocycles. The largest absolute Gasteiger partial charge is 0.335 e. The minimum absolute atomic E-state index is 0.0524. The third-order valence-corrected chi connectivity index (χ3v) is 3.68. The predicted octanol–water partition coefficient (Wildman–Crippen LogP) is 3.68. The fourth-order valence-electron chi connectivity index (χ4n) is 1.64. The lowest BCUT2D eigenvalue weighted by molar-refractivity contribution is 0.619. The molecule has 2 heterocycles. The molecule has 7 nitrogen and oxygen atoms in total. The molecule has 0 unspecified atom stereocenters. The molecule has 0 atom stereocenters. The molecule has 1 aromatic carbocycles. The number of anilines is 3. The van der Waals surface area contributed by atoms with E-state index < -0.39 is 5.82 Å². The number of fused-ring (bicyclic) bond motifs is 1. The van der Waals surface area contributed by atoms with E-state index in [1.54, 1.807) is 0 Å². The number of hydrazine groups is 1. The van der Waals surface area contributed by atoms with E-state index in [0.29, 0.717) is 22.1 Å². The van der Waals surface area contributed by atoms with Crippen molar-refractivity contribution in [3.05, 3.63) is 28.1 Å². The summed E-state index contributed by atoms with van der Waals surface area (Å²) in [4.78, 5) is 7.52. The van der Waals surface area contributed by atoms with Crippen molar-refractivity contribution in [1.82, 2.24) is 9.97 Å². The van der Waals surface area contributed by atoms with Gasteiger partial charge in [-0.15, -0.1) is 0 Å². The molecule has 3 rings (SSSR count). The standard InChI is InChI=1S/C10H6Cl2FN7S/c11-3-1-4(12)7-8(20-21-19-7)6(3)16-9-5(13)2-15-10(17-9)18-14/h1-2H,14H2,(H2,15,16,17,18). The molecule has 0 aliphatic carbocycles. The van der Waals surface area contributed by atoms with Crippen molar-refractivity contribution in [2.75, 3.05) is 10.7 Å². The zero-order valence-corrected chi connectivity index (χ0v) is 12.4. The van der Waals surface area contributed by atoms with Crippen LogP contribution in [0, 0.1) is 5.82 Å². The Labute approximate surface area is 131 Å². The van der Waals surface area contributed by atoms with Gasteiger partial charge in [-0.3, -0.25) is 5.43 Å². The van der Waals surface area contributed by atoms with E-state index in [2.05, 4.69) is 29.4 Å². The number of hydrogen-bond donors (Lipinski definition) is 3. The van der Waals surface area contributed by atoms with Crippen molar-refractivity contribution in [2.45, 2.75) is 0 Å². The Kier molecular flexibility index (Phi) is 3.72. The topological polar surface area (TPSA) is 101 Å². The van der Waals surface area contributed by atoms with E-state index >= 15 is 0 Å². The second-order valence-electron chi connectivity index (χ2n) is 3.84. The van der Waals surface area contributed by atoms with Gasteiger partial charge in [-0.2, -0.15) is 13.7 Å². The zero-order valence-electron chi connectivity index (χ0n) is 10.1. The first kappa shape index (κ1) is 14.1. The second kappa shape index (κ2) is 5.53. The van der Waals surface area contributed by atoms with Crippen molar-refractivity contribution >= 4 is 63.4 Å². The molecule has 1 aliphatic rings. The predicted molar refractivity (Wildman–Crippen MR) is 81.1 cm³/mol. The number of nitrogen functional groups attached to an aromatic ring is 1. The van der Waals surface area contributed by atoms with Gasteiger partial charge in [0.2, 0.25) is 5.95 Å². The molecule has 2 aromatic rings. The Balaban J connectivity index is 2.08. The number of aromatic nitrogens is 2. The molecule has 21 heavy (non-hydrogen) atoms. The van der Waals surface area contributed by atoms with Gasteiger partial charge in [0, 0.05) is 0 Å². The normalized spacial score (nSPS) is 12.0. The van der Waals surface area contributed by atoms with Crippen LogP contribution in [0.15, 0.2) is 21.0 Å². The van der Waals surface area contributed by atoms with Crippen molar-refractivity contribution in [3.8, 4) is 0 Å². The fraction of sp³-hybridized carbons (Fsp3) is 0. The average Bonchev–Trinajstić information content (AvgIpc) is 2.95. The zero-order chi connectivity index (χ0) is 15.0. The van der Waals surface area contributed by atoms with Crippen molar-refractivity contribution in [1.29, 1.82) is 0 Å². The molecule has 0 fully saturated rings. The van der Waals surface area contributed by atoms with Gasteiger partial charge in [0.05, 0.1) is 33.3 Å². The number of nitrogens with two attached hydrogens (primary N) is 1. The fourth-order valence-corrected chi connectivity index (χ4v) is 2.80. The number of rotatable bonds is 3. The van der Waals surface area contributed by atoms with Crippen LogP contribution < -0.4 is 16.6 Å². The average molecular weight is 346 g/mol. The van der Waals surface area contributed by atoms with Gasteiger partial charge in [-0.25, -0.2) is 15.2 Å². The molecule has 1 aromatic heterocycles. The molecule has 0 bridgehead atoms. The van der Waals surface area contributed by atoms with E-state index in [0.717, 1.165) is 17.6 Å². The summed E-state index contributed by atoms with van der Waals surface area (Å²) in [6.07, 6.45) is 0.977. The van der Waals surface area contributed by atoms with Crippen LogP contribution in [0.1, 0.15) is 0 Å². The Hall–Kier alpha value is -1.81. The van der Waals surface area contributed by atoms with Crippen LogP contribution in [0.2, 0.25) is 10.0 Å². The SMILES string of the molecule is NNc1ncc(F)c(Nc2c(Cl)cc(Cl)c3c2N=S=N3)n1. The van der Waals surface area contributed by atoms with Crippen LogP contribution >= 0.6 is 23.2 Å². The number of nitrogens with one attached hydrogen (secondary N) is 2. The van der Waals surface area contributed by atoms with E-state index in [-0.39, 0.29) is 16.8 Å². The quantitative estimate of drug-likeness (QED) is 0.496. The summed E-state index contributed by atoms with van der Waals surface area (Å²) in [7, 11) is 0. The van der Waals surface area contributed by atoms with Crippen LogP contribution in [0.25, 0.3) is 0 Å².